The first-order valence-corrected chi connectivity index (χ1v) is 6.16. The number of nitrogen functional groups attached to an aromatic ring is 1. The third-order valence-electron chi connectivity index (χ3n) is 2.01. The van der Waals surface area contributed by atoms with Crippen molar-refractivity contribution >= 4 is 15.8 Å². The number of hydrogen-bond acceptors (Lipinski definition) is 5. The van der Waals surface area contributed by atoms with Crippen LogP contribution in [0, 0.1) is 0 Å². The second-order valence-corrected chi connectivity index (χ2v) is 4.70. The Morgan fingerprint density at radius 1 is 1.38 bits per heavy atom. The third-order valence-corrected chi connectivity index (χ3v) is 2.94. The number of hydrogen-bond donors (Lipinski definition) is 4. The van der Waals surface area contributed by atoms with Crippen molar-refractivity contribution in [3.8, 4) is 0 Å². The normalized spacial score (nSPS) is 11.6. The van der Waals surface area contributed by atoms with Gasteiger partial charge >= 0.3 is 0 Å². The van der Waals surface area contributed by atoms with E-state index in [1.165, 1.54) is 6.07 Å². The van der Waals surface area contributed by atoms with Crippen LogP contribution in [-0.4, -0.2) is 26.1 Å². The van der Waals surface area contributed by atoms with Crippen LogP contribution in [0.5, 0.6) is 0 Å². The second-order valence-electron chi connectivity index (χ2n) is 3.31. The Labute approximate surface area is 94.4 Å². The molecule has 0 amide bonds. The van der Waals surface area contributed by atoms with Gasteiger partial charge in [-0.25, -0.2) is 0 Å². The summed E-state index contributed by atoms with van der Waals surface area (Å²) in [6.07, 6.45) is 0. The number of nitrogens with one attached hydrogen (secondary N) is 1. The van der Waals surface area contributed by atoms with E-state index in [9.17, 15) is 8.42 Å². The van der Waals surface area contributed by atoms with Crippen LogP contribution in [0.25, 0.3) is 0 Å². The van der Waals surface area contributed by atoms with E-state index >= 15 is 0 Å². The van der Waals surface area contributed by atoms with Gasteiger partial charge in [0.15, 0.2) is 0 Å². The Balaban J connectivity index is 2.99. The number of rotatable bonds is 5. The predicted octanol–water partition coefficient (Wildman–Crippen LogP) is -0.436. The molecule has 0 bridgehead atoms. The highest BCUT2D eigenvalue weighted by atomic mass is 32.2. The van der Waals surface area contributed by atoms with Crippen molar-refractivity contribution in [3.63, 3.8) is 0 Å². The molecule has 1 rings (SSSR count). The molecule has 0 fully saturated rings. The Morgan fingerprint density at radius 3 is 2.62 bits per heavy atom. The molecule has 0 aliphatic heterocycles. The first kappa shape index (κ1) is 12.9. The van der Waals surface area contributed by atoms with E-state index in [2.05, 4.69) is 5.32 Å². The summed E-state index contributed by atoms with van der Waals surface area (Å²) in [5, 5.41) is 2.94. The maximum Gasteiger partial charge on any atom is 0.294 e. The molecule has 7 heteroatoms. The smallest absolute Gasteiger partial charge is 0.294 e. The van der Waals surface area contributed by atoms with Crippen LogP contribution in [0.3, 0.4) is 0 Å². The topological polar surface area (TPSA) is 118 Å². The highest BCUT2D eigenvalue weighted by Gasteiger charge is 2.15. The van der Waals surface area contributed by atoms with Gasteiger partial charge in [0.05, 0.1) is 0 Å². The Kier molecular flexibility index (Phi) is 4.25. The van der Waals surface area contributed by atoms with E-state index in [1.54, 1.807) is 12.1 Å². The molecular formula is C9H15N3O3S. The van der Waals surface area contributed by atoms with Gasteiger partial charge < -0.3 is 16.8 Å². The summed E-state index contributed by atoms with van der Waals surface area (Å²) in [6.45, 7) is 1.33. The summed E-state index contributed by atoms with van der Waals surface area (Å²) in [4.78, 5) is -0.169. The largest absolute Gasteiger partial charge is 0.399 e. The molecule has 0 saturated carbocycles. The van der Waals surface area contributed by atoms with Crippen molar-refractivity contribution in [2.24, 2.45) is 5.73 Å². The van der Waals surface area contributed by atoms with E-state index in [0.717, 1.165) is 0 Å². The molecule has 0 heterocycles. The van der Waals surface area contributed by atoms with Gasteiger partial charge in [-0.3, -0.25) is 4.55 Å². The number of benzene rings is 1. The van der Waals surface area contributed by atoms with Gasteiger partial charge in [0.1, 0.15) is 4.90 Å². The lowest BCUT2D eigenvalue weighted by Crippen LogP contribution is -2.22. The summed E-state index contributed by atoms with van der Waals surface area (Å²) in [7, 11) is -4.24. The maximum atomic E-state index is 11.1. The zero-order valence-electron chi connectivity index (χ0n) is 8.68. The van der Waals surface area contributed by atoms with Crippen molar-refractivity contribution in [1.29, 1.82) is 0 Å². The van der Waals surface area contributed by atoms with Crippen LogP contribution in [0.4, 0.5) is 5.69 Å². The van der Waals surface area contributed by atoms with E-state index in [-0.39, 0.29) is 10.6 Å². The molecule has 0 spiro atoms. The summed E-state index contributed by atoms with van der Waals surface area (Å²) in [5.41, 5.74) is 11.5. The lowest BCUT2D eigenvalue weighted by molar-refractivity contribution is 0.481. The molecule has 90 valence electrons. The van der Waals surface area contributed by atoms with Crippen LogP contribution in [-0.2, 0) is 16.7 Å². The van der Waals surface area contributed by atoms with Gasteiger partial charge in [-0.1, -0.05) is 6.07 Å². The second kappa shape index (κ2) is 5.26. The molecule has 1 aromatic carbocycles. The quantitative estimate of drug-likeness (QED) is 0.317. The van der Waals surface area contributed by atoms with Crippen molar-refractivity contribution in [1.82, 2.24) is 5.32 Å². The lowest BCUT2D eigenvalue weighted by Gasteiger charge is -2.08. The fraction of sp³-hybridized carbons (Fsp3) is 0.333. The van der Waals surface area contributed by atoms with Crippen LogP contribution in [0.1, 0.15) is 5.56 Å². The molecular weight excluding hydrogens is 230 g/mol. The summed E-state index contributed by atoms with van der Waals surface area (Å²) in [6, 6.07) is 4.37. The first-order valence-electron chi connectivity index (χ1n) is 4.72. The van der Waals surface area contributed by atoms with Crippen molar-refractivity contribution < 1.29 is 13.0 Å². The molecule has 1 aromatic rings. The average molecular weight is 245 g/mol. The van der Waals surface area contributed by atoms with Crippen molar-refractivity contribution in [3.05, 3.63) is 23.8 Å². The molecule has 0 aliphatic carbocycles. The third kappa shape index (κ3) is 3.46. The molecule has 6 nitrogen and oxygen atoms in total. The molecule has 6 N–H and O–H groups in total. The zero-order chi connectivity index (χ0) is 12.2. The average Bonchev–Trinajstić information content (AvgIpc) is 2.19. The highest BCUT2D eigenvalue weighted by molar-refractivity contribution is 7.85. The molecule has 0 unspecified atom stereocenters. The van der Waals surface area contributed by atoms with Gasteiger partial charge in [0.2, 0.25) is 0 Å². The van der Waals surface area contributed by atoms with Crippen LogP contribution in [0.2, 0.25) is 0 Å². The van der Waals surface area contributed by atoms with Gasteiger partial charge in [0.25, 0.3) is 10.1 Å². The SMILES string of the molecule is NCCNCc1ccc(N)cc1S(=O)(=O)O. The minimum absolute atomic E-state index is 0.169. The molecule has 0 aliphatic rings. The number of anilines is 1. The predicted molar refractivity (Wildman–Crippen MR) is 61.4 cm³/mol. The fourth-order valence-corrected chi connectivity index (χ4v) is 2.04. The van der Waals surface area contributed by atoms with E-state index in [0.29, 0.717) is 25.2 Å². The van der Waals surface area contributed by atoms with Gasteiger partial charge in [-0.15, -0.1) is 0 Å². The van der Waals surface area contributed by atoms with Gasteiger partial charge in [-0.2, -0.15) is 8.42 Å². The minimum Gasteiger partial charge on any atom is -0.399 e. The summed E-state index contributed by atoms with van der Waals surface area (Å²) >= 11 is 0. The lowest BCUT2D eigenvalue weighted by atomic mass is 10.2. The van der Waals surface area contributed by atoms with Gasteiger partial charge in [-0.05, 0) is 17.7 Å². The van der Waals surface area contributed by atoms with Crippen LogP contribution < -0.4 is 16.8 Å². The monoisotopic (exact) mass is 245 g/mol. The van der Waals surface area contributed by atoms with Crippen LogP contribution >= 0.6 is 0 Å². The van der Waals surface area contributed by atoms with Crippen LogP contribution in [0.15, 0.2) is 23.1 Å². The van der Waals surface area contributed by atoms with E-state index < -0.39 is 10.1 Å². The molecule has 0 saturated heterocycles. The molecule has 16 heavy (non-hydrogen) atoms. The molecule has 0 radical (unpaired) electrons. The highest BCUT2D eigenvalue weighted by Crippen LogP contribution is 2.18. The Morgan fingerprint density at radius 2 is 2.06 bits per heavy atom. The van der Waals surface area contributed by atoms with E-state index in [4.69, 9.17) is 16.0 Å². The first-order chi connectivity index (χ1) is 7.45. The van der Waals surface area contributed by atoms with Gasteiger partial charge in [0, 0.05) is 25.3 Å². The zero-order valence-corrected chi connectivity index (χ0v) is 9.50. The summed E-state index contributed by atoms with van der Waals surface area (Å²) < 4.78 is 31.2. The Bertz CT molecular complexity index is 459. The standard InChI is InChI=1S/C9H15N3O3S/c10-3-4-12-6-7-1-2-8(11)5-9(7)16(13,14)15/h1-2,5,12H,3-4,6,10-11H2,(H,13,14,15). The van der Waals surface area contributed by atoms with Crippen molar-refractivity contribution in [2.75, 3.05) is 18.8 Å². The molecule has 0 atom stereocenters. The molecule has 0 aromatic heterocycles. The van der Waals surface area contributed by atoms with E-state index in [1.807, 2.05) is 0 Å². The Hall–Kier alpha value is -1.15. The maximum absolute atomic E-state index is 11.1. The summed E-state index contributed by atoms with van der Waals surface area (Å²) in [5.74, 6) is 0. The number of nitrogens with two attached hydrogens (primary N) is 2. The fourth-order valence-electron chi connectivity index (χ4n) is 1.28. The van der Waals surface area contributed by atoms with Crippen molar-refractivity contribution in [2.45, 2.75) is 11.4 Å². The minimum atomic E-state index is -4.24.